The van der Waals surface area contributed by atoms with Crippen molar-refractivity contribution in [2.45, 2.75) is 6.92 Å². The second-order valence-electron chi connectivity index (χ2n) is 3.80. The van der Waals surface area contributed by atoms with Crippen LogP contribution in [0.2, 0.25) is 5.02 Å². The van der Waals surface area contributed by atoms with Crippen molar-refractivity contribution in [1.82, 2.24) is 4.98 Å². The van der Waals surface area contributed by atoms with Crippen molar-refractivity contribution in [3.8, 4) is 11.6 Å². The number of nitrogens with zero attached hydrogens (tertiary/aromatic N) is 1. The second kappa shape index (κ2) is 5.59. The molecular formula is C13H9BrClNO3. The van der Waals surface area contributed by atoms with Gasteiger partial charge < -0.3 is 9.84 Å². The van der Waals surface area contributed by atoms with Gasteiger partial charge in [-0.05, 0) is 36.8 Å². The lowest BCUT2D eigenvalue weighted by molar-refractivity contribution is 0.0690. The number of aromatic carboxylic acids is 1. The van der Waals surface area contributed by atoms with E-state index in [0.29, 0.717) is 5.75 Å². The molecule has 0 saturated carbocycles. The Morgan fingerprint density at radius 1 is 1.37 bits per heavy atom. The Morgan fingerprint density at radius 3 is 2.74 bits per heavy atom. The molecule has 1 N–H and O–H groups in total. The number of aromatic nitrogens is 1. The molecule has 19 heavy (non-hydrogen) atoms. The first-order chi connectivity index (χ1) is 8.97. The third-order valence-electron chi connectivity index (χ3n) is 2.37. The van der Waals surface area contributed by atoms with E-state index >= 15 is 0 Å². The molecule has 0 saturated heterocycles. The van der Waals surface area contributed by atoms with Crippen LogP contribution in [0.5, 0.6) is 11.6 Å². The molecule has 1 heterocycles. The Labute approximate surface area is 123 Å². The molecule has 2 rings (SSSR count). The summed E-state index contributed by atoms with van der Waals surface area (Å²) >= 11 is 9.10. The van der Waals surface area contributed by atoms with Crippen molar-refractivity contribution in [2.24, 2.45) is 0 Å². The first-order valence-electron chi connectivity index (χ1n) is 5.31. The third-order valence-corrected chi connectivity index (χ3v) is 3.17. The fraction of sp³-hybridized carbons (Fsp3) is 0.0769. The van der Waals surface area contributed by atoms with E-state index < -0.39 is 5.97 Å². The molecule has 2 aromatic rings. The normalized spacial score (nSPS) is 10.3. The molecule has 0 radical (unpaired) electrons. The van der Waals surface area contributed by atoms with E-state index in [9.17, 15) is 4.79 Å². The number of rotatable bonds is 3. The molecule has 0 aliphatic rings. The molecule has 1 aromatic carbocycles. The van der Waals surface area contributed by atoms with Crippen LogP contribution < -0.4 is 4.74 Å². The predicted octanol–water partition coefficient (Wildman–Crippen LogP) is 4.30. The fourth-order valence-corrected chi connectivity index (χ4v) is 2.13. The molecule has 1 aromatic heterocycles. The number of benzene rings is 1. The minimum atomic E-state index is -1.19. The van der Waals surface area contributed by atoms with Crippen molar-refractivity contribution < 1.29 is 14.6 Å². The van der Waals surface area contributed by atoms with E-state index in [0.717, 1.165) is 10.0 Å². The van der Waals surface area contributed by atoms with Crippen molar-refractivity contribution in [1.29, 1.82) is 0 Å². The molecule has 0 unspecified atom stereocenters. The van der Waals surface area contributed by atoms with Gasteiger partial charge in [-0.1, -0.05) is 27.5 Å². The number of carboxylic acid groups (broad SMARTS) is 1. The zero-order valence-electron chi connectivity index (χ0n) is 9.85. The molecule has 6 heteroatoms. The number of halogens is 2. The molecule has 0 bridgehead atoms. The minimum Gasteiger partial charge on any atom is -0.476 e. The molecule has 0 aliphatic heterocycles. The summed E-state index contributed by atoms with van der Waals surface area (Å²) in [6.07, 6.45) is 0. The van der Waals surface area contributed by atoms with Crippen molar-refractivity contribution >= 4 is 33.5 Å². The van der Waals surface area contributed by atoms with Crippen LogP contribution in [-0.2, 0) is 0 Å². The summed E-state index contributed by atoms with van der Waals surface area (Å²) in [6.45, 7) is 1.88. The highest BCUT2D eigenvalue weighted by atomic mass is 79.9. The SMILES string of the molecule is Cc1cc(Br)ccc1Oc1ccc(Cl)c(C(=O)O)n1. The largest absolute Gasteiger partial charge is 0.476 e. The first kappa shape index (κ1) is 13.8. The van der Waals surface area contributed by atoms with E-state index in [1.165, 1.54) is 12.1 Å². The van der Waals surface area contributed by atoms with Crippen molar-refractivity contribution in [3.63, 3.8) is 0 Å². The fourth-order valence-electron chi connectivity index (χ4n) is 1.47. The van der Waals surface area contributed by atoms with E-state index in [2.05, 4.69) is 20.9 Å². The van der Waals surface area contributed by atoms with Gasteiger partial charge in [-0.25, -0.2) is 9.78 Å². The molecular weight excluding hydrogens is 334 g/mol. The Balaban J connectivity index is 2.33. The van der Waals surface area contributed by atoms with Gasteiger partial charge in [0.05, 0.1) is 5.02 Å². The Bertz CT molecular complexity index is 646. The molecule has 0 fully saturated rings. The Kier molecular flexibility index (Phi) is 4.07. The maximum absolute atomic E-state index is 10.9. The second-order valence-corrected chi connectivity index (χ2v) is 5.12. The number of ether oxygens (including phenoxy) is 1. The quantitative estimate of drug-likeness (QED) is 0.903. The average molecular weight is 343 g/mol. The van der Waals surface area contributed by atoms with Gasteiger partial charge in [-0.2, -0.15) is 0 Å². The molecule has 0 amide bonds. The van der Waals surface area contributed by atoms with Gasteiger partial charge in [0.15, 0.2) is 5.69 Å². The summed E-state index contributed by atoms with van der Waals surface area (Å²) in [4.78, 5) is 14.8. The average Bonchev–Trinajstić information content (AvgIpc) is 2.34. The minimum absolute atomic E-state index is 0.0763. The topological polar surface area (TPSA) is 59.4 Å². The van der Waals surface area contributed by atoms with Crippen LogP contribution in [0.4, 0.5) is 0 Å². The van der Waals surface area contributed by atoms with Gasteiger partial charge in [-0.3, -0.25) is 0 Å². The van der Waals surface area contributed by atoms with E-state index in [1.54, 1.807) is 6.07 Å². The van der Waals surface area contributed by atoms with E-state index in [-0.39, 0.29) is 16.6 Å². The van der Waals surface area contributed by atoms with Gasteiger partial charge >= 0.3 is 5.97 Å². The lowest BCUT2D eigenvalue weighted by Gasteiger charge is -2.09. The maximum atomic E-state index is 10.9. The summed E-state index contributed by atoms with van der Waals surface area (Å²) in [6, 6.07) is 8.47. The highest BCUT2D eigenvalue weighted by molar-refractivity contribution is 9.10. The van der Waals surface area contributed by atoms with Crippen molar-refractivity contribution in [2.75, 3.05) is 0 Å². The molecule has 0 aliphatic carbocycles. The zero-order chi connectivity index (χ0) is 14.0. The lowest BCUT2D eigenvalue weighted by atomic mass is 10.2. The van der Waals surface area contributed by atoms with Gasteiger partial charge in [0.2, 0.25) is 5.88 Å². The standard InChI is InChI=1S/C13H9BrClNO3/c1-7-6-8(14)2-4-10(7)19-11-5-3-9(15)12(16-11)13(17)18/h2-6H,1H3,(H,17,18). The van der Waals surface area contributed by atoms with Crippen LogP contribution >= 0.6 is 27.5 Å². The van der Waals surface area contributed by atoms with Gasteiger partial charge in [-0.15, -0.1) is 0 Å². The highest BCUT2D eigenvalue weighted by Gasteiger charge is 2.13. The third kappa shape index (κ3) is 3.24. The van der Waals surface area contributed by atoms with Gasteiger partial charge in [0.25, 0.3) is 0 Å². The Hall–Kier alpha value is -1.59. The van der Waals surface area contributed by atoms with Crippen LogP contribution in [0.1, 0.15) is 16.1 Å². The summed E-state index contributed by atoms with van der Waals surface area (Å²) in [5.41, 5.74) is 0.678. The van der Waals surface area contributed by atoms with Gasteiger partial charge in [0.1, 0.15) is 5.75 Å². The molecule has 0 atom stereocenters. The summed E-state index contributed by atoms with van der Waals surface area (Å²) in [7, 11) is 0. The van der Waals surface area contributed by atoms with Crippen LogP contribution in [0, 0.1) is 6.92 Å². The number of hydrogen-bond acceptors (Lipinski definition) is 3. The predicted molar refractivity (Wildman–Crippen MR) is 75.2 cm³/mol. The number of aryl methyl sites for hydroxylation is 1. The highest BCUT2D eigenvalue weighted by Crippen LogP contribution is 2.27. The maximum Gasteiger partial charge on any atom is 0.356 e. The number of carboxylic acids is 1. The zero-order valence-corrected chi connectivity index (χ0v) is 12.2. The van der Waals surface area contributed by atoms with Crippen molar-refractivity contribution in [3.05, 3.63) is 51.1 Å². The van der Waals surface area contributed by atoms with Gasteiger partial charge in [0, 0.05) is 10.5 Å². The van der Waals surface area contributed by atoms with E-state index in [4.69, 9.17) is 21.4 Å². The van der Waals surface area contributed by atoms with E-state index in [1.807, 2.05) is 19.1 Å². The lowest BCUT2D eigenvalue weighted by Crippen LogP contribution is -2.02. The van der Waals surface area contributed by atoms with Crippen LogP contribution in [0.25, 0.3) is 0 Å². The first-order valence-corrected chi connectivity index (χ1v) is 6.48. The number of hydrogen-bond donors (Lipinski definition) is 1. The van der Waals surface area contributed by atoms with Crippen LogP contribution in [0.3, 0.4) is 0 Å². The molecule has 4 nitrogen and oxygen atoms in total. The summed E-state index contributed by atoms with van der Waals surface area (Å²) in [5, 5.41) is 9.01. The monoisotopic (exact) mass is 341 g/mol. The number of pyridine rings is 1. The van der Waals surface area contributed by atoms with Crippen LogP contribution in [0.15, 0.2) is 34.8 Å². The molecule has 98 valence electrons. The smallest absolute Gasteiger partial charge is 0.356 e. The summed E-state index contributed by atoms with van der Waals surface area (Å²) in [5.74, 6) is -0.399. The van der Waals surface area contributed by atoms with Crippen LogP contribution in [-0.4, -0.2) is 16.1 Å². The number of carbonyl (C=O) groups is 1. The Morgan fingerprint density at radius 2 is 2.11 bits per heavy atom. The summed E-state index contributed by atoms with van der Waals surface area (Å²) < 4.78 is 6.49. The molecule has 0 spiro atoms.